The lowest BCUT2D eigenvalue weighted by molar-refractivity contribution is 0.414. The summed E-state index contributed by atoms with van der Waals surface area (Å²) in [6.07, 6.45) is 24.3. The summed E-state index contributed by atoms with van der Waals surface area (Å²) in [4.78, 5) is 19.7. The van der Waals surface area contributed by atoms with Crippen LogP contribution in [0.2, 0.25) is 0 Å². The fourth-order valence-electron chi connectivity index (χ4n) is 9.69. The standard InChI is InChI=1S/C62H72Br2N2O2S4/c1-7-11-15-19-23-43-37-51(69-59(43)53-39-45(61(63)71-53)25-21-17-13-9-3)49-35-36-50(52-38-44(24-20-16-12-8-2)60(70-52)54-40-46(62(64)72-54)26-22-18-14-10-4)58-57(49)65-55(41-27-31-47(67-5)32-28-41)56(66-58)42-29-33-48(68-6)34-30-42/h27-40H,7-26H2,1-6H3. The normalized spacial score (nSPS) is 11.6. The van der Waals surface area contributed by atoms with Crippen LogP contribution in [0.4, 0.5) is 0 Å². The molecule has 0 aliphatic carbocycles. The molecule has 380 valence electrons. The number of aryl methyl sites for hydroxylation is 4. The number of nitrogens with zero attached hydrogens (tertiary/aromatic N) is 2. The van der Waals surface area contributed by atoms with E-state index in [4.69, 9.17) is 19.4 Å². The zero-order valence-electron chi connectivity index (χ0n) is 43.3. The van der Waals surface area contributed by atoms with Gasteiger partial charge in [-0.1, -0.05) is 117 Å². The van der Waals surface area contributed by atoms with Crippen molar-refractivity contribution < 1.29 is 9.47 Å². The number of rotatable bonds is 28. The van der Waals surface area contributed by atoms with Crippen LogP contribution < -0.4 is 9.47 Å². The molecular formula is C62H72Br2N2O2S4. The van der Waals surface area contributed by atoms with Gasteiger partial charge in [0.25, 0.3) is 0 Å². The van der Waals surface area contributed by atoms with E-state index in [1.165, 1.54) is 162 Å². The number of hydrogen-bond donors (Lipinski definition) is 0. The molecule has 0 atom stereocenters. The maximum absolute atomic E-state index is 5.83. The molecule has 3 aromatic carbocycles. The second-order valence-corrected chi connectivity index (χ2v) is 26.1. The van der Waals surface area contributed by atoms with E-state index in [0.717, 1.165) is 81.9 Å². The van der Waals surface area contributed by atoms with Crippen LogP contribution in [0.15, 0.2) is 92.5 Å². The third-order valence-corrected chi connectivity index (χ3v) is 20.6. The van der Waals surface area contributed by atoms with Crippen molar-refractivity contribution in [3.8, 4) is 74.4 Å². The first-order valence-electron chi connectivity index (χ1n) is 26.7. The van der Waals surface area contributed by atoms with Gasteiger partial charge in [-0.25, -0.2) is 9.97 Å². The van der Waals surface area contributed by atoms with E-state index in [2.05, 4.69) is 120 Å². The summed E-state index contributed by atoms with van der Waals surface area (Å²) in [6, 6.07) is 31.2. The second kappa shape index (κ2) is 27.2. The lowest BCUT2D eigenvalue weighted by atomic mass is 9.99. The van der Waals surface area contributed by atoms with Crippen molar-refractivity contribution in [2.24, 2.45) is 0 Å². The molecule has 5 heterocycles. The van der Waals surface area contributed by atoms with Crippen LogP contribution in [0.25, 0.3) is 73.9 Å². The molecule has 0 aliphatic heterocycles. The summed E-state index contributed by atoms with van der Waals surface area (Å²) in [5.41, 5.74) is 13.5. The number of halogens is 2. The van der Waals surface area contributed by atoms with Crippen LogP contribution in [0.3, 0.4) is 0 Å². The zero-order valence-corrected chi connectivity index (χ0v) is 49.8. The zero-order chi connectivity index (χ0) is 50.4. The summed E-state index contributed by atoms with van der Waals surface area (Å²) in [5, 5.41) is 0. The van der Waals surface area contributed by atoms with Crippen molar-refractivity contribution in [1.29, 1.82) is 0 Å². The molecule has 4 nitrogen and oxygen atoms in total. The lowest BCUT2D eigenvalue weighted by Crippen LogP contribution is -1.98. The number of ether oxygens (including phenoxy) is 2. The van der Waals surface area contributed by atoms with Gasteiger partial charge in [-0.15, -0.1) is 45.3 Å². The van der Waals surface area contributed by atoms with Crippen LogP contribution in [0, 0.1) is 0 Å². The first-order valence-corrected chi connectivity index (χ1v) is 31.6. The van der Waals surface area contributed by atoms with Gasteiger partial charge in [0.2, 0.25) is 0 Å². The Hall–Kier alpha value is -3.64. The molecule has 0 saturated carbocycles. The van der Waals surface area contributed by atoms with Crippen molar-refractivity contribution in [2.75, 3.05) is 14.2 Å². The van der Waals surface area contributed by atoms with Crippen molar-refractivity contribution in [1.82, 2.24) is 9.97 Å². The largest absolute Gasteiger partial charge is 0.497 e. The van der Waals surface area contributed by atoms with E-state index in [1.54, 1.807) is 14.2 Å². The average Bonchev–Trinajstić information content (AvgIpc) is 4.21. The minimum Gasteiger partial charge on any atom is -0.497 e. The molecule has 5 aromatic heterocycles. The Labute approximate surface area is 463 Å². The highest BCUT2D eigenvalue weighted by Gasteiger charge is 2.25. The first kappa shape index (κ1) is 54.6. The van der Waals surface area contributed by atoms with E-state index in [-0.39, 0.29) is 0 Å². The van der Waals surface area contributed by atoms with Crippen LogP contribution in [-0.4, -0.2) is 24.2 Å². The number of benzene rings is 3. The number of fused-ring (bicyclic) bond motifs is 1. The Bertz CT molecular complexity index is 2780. The Morgan fingerprint density at radius 1 is 0.389 bits per heavy atom. The third kappa shape index (κ3) is 13.4. The molecule has 0 saturated heterocycles. The summed E-state index contributed by atoms with van der Waals surface area (Å²) in [5.74, 6) is 1.62. The molecule has 0 bridgehead atoms. The van der Waals surface area contributed by atoms with Gasteiger partial charge in [0, 0.05) is 51.5 Å². The number of thiophene rings is 4. The fourth-order valence-corrected chi connectivity index (χ4v) is 16.0. The maximum atomic E-state index is 5.83. The number of unbranched alkanes of at least 4 members (excludes halogenated alkanes) is 12. The van der Waals surface area contributed by atoms with E-state index < -0.39 is 0 Å². The average molecular weight is 1170 g/mol. The SMILES string of the molecule is CCCCCCc1cc(-c2sc(-c3ccc(-c4cc(CCCCCC)c(-c5cc(CCCCCC)c(Br)s5)s4)c4nc(-c5ccc(OC)cc5)c(-c5ccc(OC)cc5)nc34)cc2CCCCCC)sc1Br. The molecule has 0 fully saturated rings. The van der Waals surface area contributed by atoms with Gasteiger partial charge in [-0.05, 0) is 178 Å². The monoisotopic (exact) mass is 1160 g/mol. The van der Waals surface area contributed by atoms with Gasteiger partial charge in [-0.3, -0.25) is 0 Å². The number of methoxy groups -OCH3 is 2. The van der Waals surface area contributed by atoms with E-state index in [1.807, 2.05) is 69.6 Å². The molecule has 8 rings (SSSR count). The smallest absolute Gasteiger partial charge is 0.118 e. The van der Waals surface area contributed by atoms with Crippen molar-refractivity contribution in [2.45, 2.75) is 156 Å². The van der Waals surface area contributed by atoms with Crippen LogP contribution in [0.1, 0.15) is 153 Å². The van der Waals surface area contributed by atoms with Gasteiger partial charge >= 0.3 is 0 Å². The van der Waals surface area contributed by atoms with E-state index in [0.29, 0.717) is 0 Å². The quantitative estimate of drug-likeness (QED) is 0.0459. The van der Waals surface area contributed by atoms with Crippen molar-refractivity contribution >= 4 is 88.2 Å². The van der Waals surface area contributed by atoms with E-state index >= 15 is 0 Å². The first-order chi connectivity index (χ1) is 35.3. The summed E-state index contributed by atoms with van der Waals surface area (Å²) in [6.45, 7) is 9.18. The molecule has 8 aromatic rings. The highest BCUT2D eigenvalue weighted by Crippen LogP contribution is 2.50. The Morgan fingerprint density at radius 2 is 0.722 bits per heavy atom. The molecule has 10 heteroatoms. The Morgan fingerprint density at radius 3 is 1.06 bits per heavy atom. The Kier molecular flexibility index (Phi) is 20.7. The molecule has 0 aliphatic rings. The number of aromatic nitrogens is 2. The van der Waals surface area contributed by atoms with Crippen LogP contribution in [0.5, 0.6) is 11.5 Å². The van der Waals surface area contributed by atoms with Crippen molar-refractivity contribution in [3.05, 3.63) is 115 Å². The van der Waals surface area contributed by atoms with Crippen LogP contribution in [-0.2, 0) is 25.7 Å². The van der Waals surface area contributed by atoms with Gasteiger partial charge in [0.05, 0.1) is 44.2 Å². The minimum absolute atomic E-state index is 0.809. The predicted octanol–water partition coefficient (Wildman–Crippen LogP) is 21.9. The van der Waals surface area contributed by atoms with E-state index in [9.17, 15) is 0 Å². The molecular weight excluding hydrogens is 1090 g/mol. The summed E-state index contributed by atoms with van der Waals surface area (Å²) in [7, 11) is 3.44. The van der Waals surface area contributed by atoms with Gasteiger partial charge < -0.3 is 9.47 Å². The Balaban J connectivity index is 1.33. The minimum atomic E-state index is 0.809. The third-order valence-electron chi connectivity index (χ3n) is 13.9. The molecule has 0 amide bonds. The lowest BCUT2D eigenvalue weighted by Gasteiger charge is -2.15. The van der Waals surface area contributed by atoms with Crippen LogP contribution >= 0.6 is 77.2 Å². The van der Waals surface area contributed by atoms with Gasteiger partial charge in [-0.2, -0.15) is 0 Å². The predicted molar refractivity (Wildman–Crippen MR) is 324 cm³/mol. The molecule has 72 heavy (non-hydrogen) atoms. The maximum Gasteiger partial charge on any atom is 0.118 e. The molecule has 0 spiro atoms. The van der Waals surface area contributed by atoms with Gasteiger partial charge in [0.1, 0.15) is 11.5 Å². The van der Waals surface area contributed by atoms with Crippen molar-refractivity contribution in [3.63, 3.8) is 0 Å². The molecule has 0 radical (unpaired) electrons. The topological polar surface area (TPSA) is 44.2 Å². The van der Waals surface area contributed by atoms with Gasteiger partial charge in [0.15, 0.2) is 0 Å². The highest BCUT2D eigenvalue weighted by molar-refractivity contribution is 9.11. The molecule has 0 N–H and O–H groups in total. The fraction of sp³-hybridized carbons (Fsp3) is 0.419. The molecule has 0 unspecified atom stereocenters. The summed E-state index contributed by atoms with van der Waals surface area (Å²) < 4.78 is 13.8. The second-order valence-electron chi connectivity index (χ2n) is 19.2. The summed E-state index contributed by atoms with van der Waals surface area (Å²) >= 11 is 15.7. The highest BCUT2D eigenvalue weighted by atomic mass is 79.9. The number of hydrogen-bond acceptors (Lipinski definition) is 8.